The summed E-state index contributed by atoms with van der Waals surface area (Å²) in [5, 5.41) is 11.5. The molecule has 2 heterocycles. The quantitative estimate of drug-likeness (QED) is 0.837. The van der Waals surface area contributed by atoms with E-state index < -0.39 is 0 Å². The van der Waals surface area contributed by atoms with Crippen LogP contribution in [0.1, 0.15) is 20.2 Å². The molecule has 0 fully saturated rings. The number of nitrogens with zero attached hydrogens (tertiary/aromatic N) is 1. The molecular weight excluding hydrogens is 272 g/mol. The van der Waals surface area contributed by atoms with E-state index >= 15 is 0 Å². The van der Waals surface area contributed by atoms with Crippen molar-refractivity contribution >= 4 is 17.2 Å². The van der Waals surface area contributed by atoms with Crippen LogP contribution in [0.25, 0.3) is 0 Å². The van der Waals surface area contributed by atoms with Crippen molar-refractivity contribution in [1.82, 2.24) is 10.3 Å². The van der Waals surface area contributed by atoms with Crippen LogP contribution >= 0.6 is 11.3 Å². The number of carbonyl (C=O) groups excluding carboxylic acids is 1. The molecule has 5 heteroatoms. The van der Waals surface area contributed by atoms with Gasteiger partial charge in [-0.3, -0.25) is 9.78 Å². The van der Waals surface area contributed by atoms with Crippen molar-refractivity contribution in [2.45, 2.75) is 6.42 Å². The zero-order chi connectivity index (χ0) is 14.2. The predicted molar refractivity (Wildman–Crippen MR) is 78.6 cm³/mol. The minimum Gasteiger partial charge on any atom is -0.384 e. The van der Waals surface area contributed by atoms with Gasteiger partial charge < -0.3 is 10.4 Å². The predicted octanol–water partition coefficient (Wildman–Crippen LogP) is 1.46. The van der Waals surface area contributed by atoms with Crippen molar-refractivity contribution in [2.75, 3.05) is 13.2 Å². The standard InChI is InChI=1S/C15H14N2O2S/c18-11-3-5-13-6-7-14(20-13)15(19)17-10-8-12-4-1-2-9-16-12/h1-2,4,6-7,9,18H,8,10-11H2,(H,17,19). The van der Waals surface area contributed by atoms with Crippen LogP contribution < -0.4 is 5.32 Å². The zero-order valence-corrected chi connectivity index (χ0v) is 11.6. The highest BCUT2D eigenvalue weighted by atomic mass is 32.1. The largest absolute Gasteiger partial charge is 0.384 e. The second-order valence-corrected chi connectivity index (χ2v) is 5.03. The van der Waals surface area contributed by atoms with Gasteiger partial charge in [0.15, 0.2) is 0 Å². The number of aliphatic hydroxyl groups is 1. The highest BCUT2D eigenvalue weighted by molar-refractivity contribution is 7.14. The first-order valence-corrected chi connectivity index (χ1v) is 6.99. The average molecular weight is 286 g/mol. The van der Waals surface area contributed by atoms with Crippen LogP contribution in [0.3, 0.4) is 0 Å². The van der Waals surface area contributed by atoms with Gasteiger partial charge >= 0.3 is 0 Å². The van der Waals surface area contributed by atoms with Crippen molar-refractivity contribution < 1.29 is 9.90 Å². The van der Waals surface area contributed by atoms with E-state index in [4.69, 9.17) is 5.11 Å². The Morgan fingerprint density at radius 1 is 1.35 bits per heavy atom. The lowest BCUT2D eigenvalue weighted by atomic mass is 10.2. The van der Waals surface area contributed by atoms with Gasteiger partial charge in [0, 0.05) is 24.9 Å². The van der Waals surface area contributed by atoms with Gasteiger partial charge in [-0.15, -0.1) is 11.3 Å². The lowest BCUT2D eigenvalue weighted by Gasteiger charge is -2.02. The molecule has 2 aromatic heterocycles. The fourth-order valence-corrected chi connectivity index (χ4v) is 2.39. The minimum atomic E-state index is -0.177. The third-order valence-corrected chi connectivity index (χ3v) is 3.51. The van der Waals surface area contributed by atoms with Crippen molar-refractivity contribution in [1.29, 1.82) is 0 Å². The fraction of sp³-hybridized carbons (Fsp3) is 0.200. The molecule has 0 unspecified atom stereocenters. The molecule has 2 aromatic rings. The van der Waals surface area contributed by atoms with E-state index in [1.165, 1.54) is 11.3 Å². The molecular formula is C15H14N2O2S. The summed E-state index contributed by atoms with van der Waals surface area (Å²) in [4.78, 5) is 17.5. The molecule has 0 bridgehead atoms. The highest BCUT2D eigenvalue weighted by Gasteiger charge is 2.07. The lowest BCUT2D eigenvalue weighted by molar-refractivity contribution is 0.0958. The monoisotopic (exact) mass is 286 g/mol. The van der Waals surface area contributed by atoms with Crippen molar-refractivity contribution in [3.05, 3.63) is 52.0 Å². The molecule has 1 amide bonds. The van der Waals surface area contributed by atoms with Gasteiger partial charge in [0.25, 0.3) is 5.91 Å². The van der Waals surface area contributed by atoms with Crippen LogP contribution in [-0.4, -0.2) is 29.1 Å². The number of hydrogen-bond acceptors (Lipinski definition) is 4. The zero-order valence-electron chi connectivity index (χ0n) is 10.8. The van der Waals surface area contributed by atoms with E-state index in [2.05, 4.69) is 22.1 Å². The molecule has 0 saturated carbocycles. The summed E-state index contributed by atoms with van der Waals surface area (Å²) < 4.78 is 0. The number of rotatable bonds is 4. The number of hydrogen-bond donors (Lipinski definition) is 2. The maximum Gasteiger partial charge on any atom is 0.261 e. The summed E-state index contributed by atoms with van der Waals surface area (Å²) in [5.41, 5.74) is 0.952. The van der Waals surface area contributed by atoms with E-state index in [-0.39, 0.29) is 12.5 Å². The van der Waals surface area contributed by atoms with E-state index in [0.29, 0.717) is 17.8 Å². The molecule has 2 N–H and O–H groups in total. The number of pyridine rings is 1. The Morgan fingerprint density at radius 2 is 2.25 bits per heavy atom. The lowest BCUT2D eigenvalue weighted by Crippen LogP contribution is -2.25. The van der Waals surface area contributed by atoms with E-state index in [9.17, 15) is 4.79 Å². The molecule has 4 nitrogen and oxygen atoms in total. The molecule has 0 spiro atoms. The Morgan fingerprint density at radius 3 is 3.00 bits per heavy atom. The van der Waals surface area contributed by atoms with Crippen LogP contribution in [0.5, 0.6) is 0 Å². The number of nitrogens with one attached hydrogen (secondary N) is 1. The Hall–Kier alpha value is -2.16. The van der Waals surface area contributed by atoms with Crippen LogP contribution in [0.2, 0.25) is 0 Å². The number of aliphatic hydroxyl groups excluding tert-OH is 1. The maximum atomic E-state index is 11.9. The topological polar surface area (TPSA) is 62.2 Å². The Balaban J connectivity index is 1.84. The molecule has 20 heavy (non-hydrogen) atoms. The van der Waals surface area contributed by atoms with E-state index in [1.807, 2.05) is 18.2 Å². The second-order valence-electron chi connectivity index (χ2n) is 3.95. The average Bonchev–Trinajstić information content (AvgIpc) is 2.95. The first-order chi connectivity index (χ1) is 9.79. The summed E-state index contributed by atoms with van der Waals surface area (Å²) in [5.74, 6) is 5.23. The molecule has 102 valence electrons. The Labute approximate surface area is 121 Å². The summed E-state index contributed by atoms with van der Waals surface area (Å²) in [6, 6.07) is 9.24. The van der Waals surface area contributed by atoms with Crippen LogP contribution in [0.4, 0.5) is 0 Å². The highest BCUT2D eigenvalue weighted by Crippen LogP contribution is 2.15. The van der Waals surface area contributed by atoms with Gasteiger partial charge in [-0.2, -0.15) is 0 Å². The van der Waals surface area contributed by atoms with E-state index in [1.54, 1.807) is 18.3 Å². The molecule has 0 radical (unpaired) electrons. The van der Waals surface area contributed by atoms with Crippen LogP contribution in [-0.2, 0) is 6.42 Å². The molecule has 0 atom stereocenters. The number of carbonyl (C=O) groups is 1. The molecule has 0 saturated heterocycles. The van der Waals surface area contributed by atoms with Gasteiger partial charge in [0.2, 0.25) is 0 Å². The summed E-state index contributed by atoms with van der Waals surface area (Å²) in [6.07, 6.45) is 2.44. The third kappa shape index (κ3) is 4.19. The molecule has 0 aliphatic heterocycles. The van der Waals surface area contributed by atoms with Gasteiger partial charge in [-0.25, -0.2) is 0 Å². The number of amides is 1. The fourth-order valence-electron chi connectivity index (χ4n) is 1.59. The first-order valence-electron chi connectivity index (χ1n) is 6.17. The minimum absolute atomic E-state index is 0.108. The normalized spacial score (nSPS) is 9.65. The summed E-state index contributed by atoms with van der Waals surface area (Å²) in [6.45, 7) is 0.370. The Bertz CT molecular complexity index is 626. The summed E-state index contributed by atoms with van der Waals surface area (Å²) in [7, 11) is 0. The van der Waals surface area contributed by atoms with Gasteiger partial charge in [-0.1, -0.05) is 17.9 Å². The number of aromatic nitrogens is 1. The number of thiophene rings is 1. The molecule has 0 aromatic carbocycles. The molecule has 0 aliphatic rings. The third-order valence-electron chi connectivity index (χ3n) is 2.51. The second kappa shape index (κ2) is 7.43. The van der Waals surface area contributed by atoms with Crippen LogP contribution in [0, 0.1) is 11.8 Å². The van der Waals surface area contributed by atoms with E-state index in [0.717, 1.165) is 10.6 Å². The molecule has 2 rings (SSSR count). The van der Waals surface area contributed by atoms with Gasteiger partial charge in [0.05, 0.1) is 9.75 Å². The van der Waals surface area contributed by atoms with Gasteiger partial charge in [-0.05, 0) is 24.3 Å². The van der Waals surface area contributed by atoms with Crippen LogP contribution in [0.15, 0.2) is 36.5 Å². The van der Waals surface area contributed by atoms with Gasteiger partial charge in [0.1, 0.15) is 6.61 Å². The molecule has 0 aliphatic carbocycles. The maximum absolute atomic E-state index is 11.9. The van der Waals surface area contributed by atoms with Crippen molar-refractivity contribution in [3.8, 4) is 11.8 Å². The van der Waals surface area contributed by atoms with Crippen molar-refractivity contribution in [3.63, 3.8) is 0 Å². The SMILES string of the molecule is O=C(NCCc1ccccn1)c1ccc(C#CCO)s1. The first kappa shape index (κ1) is 14.3. The smallest absolute Gasteiger partial charge is 0.261 e. The van der Waals surface area contributed by atoms with Crippen molar-refractivity contribution in [2.24, 2.45) is 0 Å². The Kier molecular flexibility index (Phi) is 5.30. The summed E-state index contributed by atoms with van der Waals surface area (Å²) >= 11 is 1.31.